The quantitative estimate of drug-likeness (QED) is 0.732. The molecule has 7 nitrogen and oxygen atoms in total. The Morgan fingerprint density at radius 1 is 1.00 bits per heavy atom. The van der Waals surface area contributed by atoms with Crippen LogP contribution < -0.4 is 0 Å². The summed E-state index contributed by atoms with van der Waals surface area (Å²) in [5, 5.41) is 23.2. The van der Waals surface area contributed by atoms with E-state index in [4.69, 9.17) is 4.52 Å². The number of hydrogen-bond donors (Lipinski definition) is 2. The third kappa shape index (κ3) is 2.05. The van der Waals surface area contributed by atoms with E-state index in [-0.39, 0.29) is 28.8 Å². The highest BCUT2D eigenvalue weighted by atomic mass is 16.5. The number of benzene rings is 1. The highest BCUT2D eigenvalue weighted by molar-refractivity contribution is 5.70. The van der Waals surface area contributed by atoms with Gasteiger partial charge in [-0.3, -0.25) is 0 Å². The number of aromatic nitrogens is 4. The molecule has 7 heteroatoms. The van der Waals surface area contributed by atoms with Crippen LogP contribution in [-0.2, 0) is 0 Å². The average molecular weight is 270 g/mol. The molecule has 0 spiro atoms. The molecule has 3 rings (SSSR count). The molecule has 0 atom stereocenters. The zero-order valence-corrected chi connectivity index (χ0v) is 10.5. The number of aromatic hydroxyl groups is 2. The van der Waals surface area contributed by atoms with Crippen LogP contribution in [0, 0.1) is 6.92 Å². The Labute approximate surface area is 113 Å². The predicted molar refractivity (Wildman–Crippen MR) is 68.8 cm³/mol. The van der Waals surface area contributed by atoms with Crippen molar-refractivity contribution in [3.8, 4) is 34.6 Å². The molecule has 100 valence electrons. The molecule has 0 saturated heterocycles. The monoisotopic (exact) mass is 270 g/mol. The van der Waals surface area contributed by atoms with Crippen LogP contribution in [0.3, 0.4) is 0 Å². The number of rotatable bonds is 2. The van der Waals surface area contributed by atoms with E-state index in [0.29, 0.717) is 5.82 Å². The predicted octanol–water partition coefficient (Wildman–Crippen LogP) is 1.91. The van der Waals surface area contributed by atoms with Crippen molar-refractivity contribution in [2.75, 3.05) is 0 Å². The molecule has 0 bridgehead atoms. The van der Waals surface area contributed by atoms with Gasteiger partial charge in [-0.1, -0.05) is 11.2 Å². The molecule has 0 aliphatic carbocycles. The molecule has 0 aliphatic heterocycles. The summed E-state index contributed by atoms with van der Waals surface area (Å²) in [4.78, 5) is 12.2. The first-order chi connectivity index (χ1) is 9.65. The van der Waals surface area contributed by atoms with Gasteiger partial charge in [0.2, 0.25) is 11.6 Å². The molecule has 2 heterocycles. The van der Waals surface area contributed by atoms with Gasteiger partial charge in [0.25, 0.3) is 5.89 Å². The molecule has 0 amide bonds. The first-order valence-electron chi connectivity index (χ1n) is 5.79. The Bertz CT molecular complexity index is 732. The maximum atomic E-state index is 9.74. The Kier molecular flexibility index (Phi) is 2.79. The smallest absolute Gasteiger partial charge is 0.265 e. The molecule has 2 N–H and O–H groups in total. The Morgan fingerprint density at radius 2 is 1.65 bits per heavy atom. The molecule has 0 aliphatic rings. The van der Waals surface area contributed by atoms with Crippen LogP contribution in [0.15, 0.2) is 35.1 Å². The van der Waals surface area contributed by atoms with Gasteiger partial charge >= 0.3 is 0 Å². The summed E-state index contributed by atoms with van der Waals surface area (Å²) >= 11 is 0. The van der Waals surface area contributed by atoms with E-state index in [0.717, 1.165) is 5.56 Å². The molecule has 0 radical (unpaired) electrons. The van der Waals surface area contributed by atoms with Crippen LogP contribution in [-0.4, -0.2) is 30.3 Å². The molecule has 2 aromatic heterocycles. The van der Waals surface area contributed by atoms with Crippen molar-refractivity contribution < 1.29 is 14.7 Å². The standard InChI is InChI=1S/C13H10N4O3/c1-7-5-14-11(15-6-7)12-16-13(20-17-12)10-8(18)3-2-4-9(10)19/h2-6,18-19H,1H3. The summed E-state index contributed by atoms with van der Waals surface area (Å²) in [6, 6.07) is 4.34. The van der Waals surface area contributed by atoms with Crippen LogP contribution in [0.4, 0.5) is 0 Å². The number of nitrogens with zero attached hydrogens (tertiary/aromatic N) is 4. The first kappa shape index (κ1) is 12.1. The Hall–Kier alpha value is -2.96. The van der Waals surface area contributed by atoms with Gasteiger partial charge in [0.15, 0.2) is 0 Å². The summed E-state index contributed by atoms with van der Waals surface area (Å²) in [6.45, 7) is 1.87. The van der Waals surface area contributed by atoms with Gasteiger partial charge in [0.05, 0.1) is 0 Å². The molecule has 1 aromatic carbocycles. The Balaban J connectivity index is 2.04. The van der Waals surface area contributed by atoms with Gasteiger partial charge in [-0.05, 0) is 24.6 Å². The van der Waals surface area contributed by atoms with Crippen LogP contribution in [0.1, 0.15) is 5.56 Å². The highest BCUT2D eigenvalue weighted by Crippen LogP contribution is 2.36. The number of phenols is 2. The van der Waals surface area contributed by atoms with Gasteiger partial charge < -0.3 is 14.7 Å². The van der Waals surface area contributed by atoms with Crippen molar-refractivity contribution >= 4 is 0 Å². The second-order valence-corrected chi connectivity index (χ2v) is 4.18. The lowest BCUT2D eigenvalue weighted by atomic mass is 10.2. The van der Waals surface area contributed by atoms with Crippen molar-refractivity contribution in [1.82, 2.24) is 20.1 Å². The van der Waals surface area contributed by atoms with E-state index >= 15 is 0 Å². The van der Waals surface area contributed by atoms with Crippen molar-refractivity contribution in [1.29, 1.82) is 0 Å². The SMILES string of the molecule is Cc1cnc(-c2noc(-c3c(O)cccc3O)n2)nc1. The summed E-state index contributed by atoms with van der Waals surface area (Å²) in [5.74, 6) is 0.193. The van der Waals surface area contributed by atoms with Gasteiger partial charge in [0.1, 0.15) is 17.1 Å². The zero-order chi connectivity index (χ0) is 14.1. The number of phenolic OH excluding ortho intramolecular Hbond substituents is 2. The third-order valence-corrected chi connectivity index (χ3v) is 2.64. The van der Waals surface area contributed by atoms with Gasteiger partial charge in [0, 0.05) is 12.4 Å². The lowest BCUT2D eigenvalue weighted by Crippen LogP contribution is -1.90. The van der Waals surface area contributed by atoms with Gasteiger partial charge in [-0.25, -0.2) is 9.97 Å². The van der Waals surface area contributed by atoms with E-state index in [1.54, 1.807) is 12.4 Å². The molecule has 0 fully saturated rings. The minimum absolute atomic E-state index is 0.000208. The van der Waals surface area contributed by atoms with E-state index in [2.05, 4.69) is 20.1 Å². The van der Waals surface area contributed by atoms with E-state index in [1.807, 2.05) is 6.92 Å². The third-order valence-electron chi connectivity index (χ3n) is 2.64. The lowest BCUT2D eigenvalue weighted by molar-refractivity contribution is 0.415. The summed E-state index contributed by atoms with van der Waals surface area (Å²) < 4.78 is 5.04. The molecule has 0 saturated carbocycles. The molecule has 20 heavy (non-hydrogen) atoms. The molecule has 3 aromatic rings. The highest BCUT2D eigenvalue weighted by Gasteiger charge is 2.18. The van der Waals surface area contributed by atoms with E-state index in [1.165, 1.54) is 18.2 Å². The van der Waals surface area contributed by atoms with Crippen molar-refractivity contribution in [2.45, 2.75) is 6.92 Å². The summed E-state index contributed by atoms with van der Waals surface area (Å²) in [7, 11) is 0. The van der Waals surface area contributed by atoms with Crippen LogP contribution in [0.25, 0.3) is 23.1 Å². The van der Waals surface area contributed by atoms with E-state index < -0.39 is 0 Å². The van der Waals surface area contributed by atoms with Crippen LogP contribution >= 0.6 is 0 Å². The topological polar surface area (TPSA) is 105 Å². The van der Waals surface area contributed by atoms with Gasteiger partial charge in [-0.15, -0.1) is 0 Å². The Morgan fingerprint density at radius 3 is 2.30 bits per heavy atom. The minimum atomic E-state index is -0.148. The minimum Gasteiger partial charge on any atom is -0.507 e. The molecular formula is C13H10N4O3. The summed E-state index contributed by atoms with van der Waals surface area (Å²) in [5.41, 5.74) is 0.995. The zero-order valence-electron chi connectivity index (χ0n) is 10.5. The van der Waals surface area contributed by atoms with Gasteiger partial charge in [-0.2, -0.15) is 4.98 Å². The average Bonchev–Trinajstić information content (AvgIpc) is 2.89. The fraction of sp³-hybridized carbons (Fsp3) is 0.0769. The van der Waals surface area contributed by atoms with Crippen LogP contribution in [0.2, 0.25) is 0 Å². The number of hydrogen-bond acceptors (Lipinski definition) is 7. The fourth-order valence-electron chi connectivity index (χ4n) is 1.67. The lowest BCUT2D eigenvalue weighted by Gasteiger charge is -2.00. The summed E-state index contributed by atoms with van der Waals surface area (Å²) in [6.07, 6.45) is 3.27. The largest absolute Gasteiger partial charge is 0.507 e. The normalized spacial score (nSPS) is 10.7. The molecule has 0 unspecified atom stereocenters. The van der Waals surface area contributed by atoms with E-state index in [9.17, 15) is 10.2 Å². The maximum Gasteiger partial charge on any atom is 0.265 e. The van der Waals surface area contributed by atoms with Crippen LogP contribution in [0.5, 0.6) is 11.5 Å². The van der Waals surface area contributed by atoms with Crippen molar-refractivity contribution in [3.05, 3.63) is 36.2 Å². The molecular weight excluding hydrogens is 260 g/mol. The second-order valence-electron chi connectivity index (χ2n) is 4.18. The maximum absolute atomic E-state index is 9.74. The number of aryl methyl sites for hydroxylation is 1. The fourth-order valence-corrected chi connectivity index (χ4v) is 1.67. The first-order valence-corrected chi connectivity index (χ1v) is 5.79. The second kappa shape index (κ2) is 4.61. The van der Waals surface area contributed by atoms with Crippen molar-refractivity contribution in [3.63, 3.8) is 0 Å². The van der Waals surface area contributed by atoms with Crippen molar-refractivity contribution in [2.24, 2.45) is 0 Å².